The van der Waals surface area contributed by atoms with Gasteiger partial charge in [0.1, 0.15) is 23.3 Å². The monoisotopic (exact) mass is 413 g/mol. The second-order valence-electron chi connectivity index (χ2n) is 7.30. The Morgan fingerprint density at radius 2 is 2.28 bits per heavy atom. The standard InChI is InChI=1S/C20H23N5O3S/c1-13-5-4-8-24(10-13)20-23-18-17(29-20)19(27)25(12-21-18)11-16(26)22-14-6-3-7-15(9-14)28-2/h3,6-7,9,12-13H,4-5,8,10-11H2,1-2H3,(H,22,26)/t13-/m1/s1. The molecule has 4 rings (SSSR count). The highest BCUT2D eigenvalue weighted by molar-refractivity contribution is 7.22. The summed E-state index contributed by atoms with van der Waals surface area (Å²) in [6, 6.07) is 7.06. The number of carbonyl (C=O) groups is 1. The Hall–Kier alpha value is -2.94. The number of fused-ring (bicyclic) bond motifs is 1. The number of nitrogens with one attached hydrogen (secondary N) is 1. The maximum Gasteiger partial charge on any atom is 0.273 e. The van der Waals surface area contributed by atoms with Gasteiger partial charge in [0.15, 0.2) is 10.8 Å². The second-order valence-corrected chi connectivity index (χ2v) is 8.28. The van der Waals surface area contributed by atoms with Crippen LogP contribution in [0.5, 0.6) is 5.75 Å². The van der Waals surface area contributed by atoms with Crippen LogP contribution in [-0.2, 0) is 11.3 Å². The predicted molar refractivity (Wildman–Crippen MR) is 114 cm³/mol. The van der Waals surface area contributed by atoms with E-state index in [4.69, 9.17) is 4.74 Å². The molecule has 2 aromatic heterocycles. The SMILES string of the molecule is COc1cccc(NC(=O)Cn2cnc3nc(N4CCC[C@@H](C)C4)sc3c2=O)c1. The van der Waals surface area contributed by atoms with Crippen LogP contribution in [0.1, 0.15) is 19.8 Å². The summed E-state index contributed by atoms with van der Waals surface area (Å²) >= 11 is 1.35. The van der Waals surface area contributed by atoms with Gasteiger partial charge in [-0.1, -0.05) is 24.3 Å². The number of anilines is 2. The van der Waals surface area contributed by atoms with E-state index in [0.717, 1.165) is 24.6 Å². The van der Waals surface area contributed by atoms with Crippen molar-refractivity contribution in [2.45, 2.75) is 26.3 Å². The fourth-order valence-corrected chi connectivity index (χ4v) is 4.51. The number of benzene rings is 1. The molecule has 1 aliphatic rings. The normalized spacial score (nSPS) is 16.8. The number of aromatic nitrogens is 3. The molecular formula is C20H23N5O3S. The fraction of sp³-hybridized carbons (Fsp3) is 0.400. The number of piperidine rings is 1. The average molecular weight is 414 g/mol. The lowest BCUT2D eigenvalue weighted by atomic mass is 10.0. The van der Waals surface area contributed by atoms with E-state index in [2.05, 4.69) is 27.1 Å². The van der Waals surface area contributed by atoms with Crippen LogP contribution in [0, 0.1) is 5.92 Å². The quantitative estimate of drug-likeness (QED) is 0.692. The molecule has 1 aliphatic heterocycles. The lowest BCUT2D eigenvalue weighted by Crippen LogP contribution is -2.34. The molecule has 1 atom stereocenters. The summed E-state index contributed by atoms with van der Waals surface area (Å²) in [7, 11) is 1.56. The van der Waals surface area contributed by atoms with Gasteiger partial charge in [-0.25, -0.2) is 4.98 Å². The van der Waals surface area contributed by atoms with E-state index in [9.17, 15) is 9.59 Å². The van der Waals surface area contributed by atoms with Crippen molar-refractivity contribution in [3.8, 4) is 5.75 Å². The zero-order valence-corrected chi connectivity index (χ0v) is 17.2. The summed E-state index contributed by atoms with van der Waals surface area (Å²) in [5, 5.41) is 3.60. The first-order valence-electron chi connectivity index (χ1n) is 9.58. The van der Waals surface area contributed by atoms with E-state index in [1.807, 2.05) is 0 Å². The number of amides is 1. The molecule has 29 heavy (non-hydrogen) atoms. The summed E-state index contributed by atoms with van der Waals surface area (Å²) in [6.07, 6.45) is 3.73. The number of rotatable bonds is 5. The van der Waals surface area contributed by atoms with Crippen LogP contribution in [0.25, 0.3) is 10.3 Å². The molecule has 0 saturated carbocycles. The smallest absolute Gasteiger partial charge is 0.273 e. The summed E-state index contributed by atoms with van der Waals surface area (Å²) in [5.74, 6) is 0.948. The van der Waals surface area contributed by atoms with Crippen LogP contribution in [-0.4, -0.2) is 40.6 Å². The molecule has 1 saturated heterocycles. The first kappa shape index (κ1) is 19.4. The highest BCUT2D eigenvalue weighted by atomic mass is 32.1. The van der Waals surface area contributed by atoms with Gasteiger partial charge >= 0.3 is 0 Å². The van der Waals surface area contributed by atoms with E-state index >= 15 is 0 Å². The first-order valence-corrected chi connectivity index (χ1v) is 10.4. The Kier molecular flexibility index (Phi) is 5.48. The van der Waals surface area contributed by atoms with Gasteiger partial charge in [-0.05, 0) is 30.9 Å². The topological polar surface area (TPSA) is 89.3 Å². The Labute approximate surface area is 172 Å². The highest BCUT2D eigenvalue weighted by Crippen LogP contribution is 2.29. The Balaban J connectivity index is 1.52. The van der Waals surface area contributed by atoms with Crippen molar-refractivity contribution in [2.24, 2.45) is 5.92 Å². The molecule has 0 unspecified atom stereocenters. The molecular weight excluding hydrogens is 390 g/mol. The van der Waals surface area contributed by atoms with E-state index in [0.29, 0.717) is 27.7 Å². The molecule has 152 valence electrons. The number of carbonyl (C=O) groups excluding carboxylic acids is 1. The summed E-state index contributed by atoms with van der Waals surface area (Å²) in [6.45, 7) is 4.00. The van der Waals surface area contributed by atoms with Gasteiger partial charge in [-0.2, -0.15) is 4.98 Å². The molecule has 3 aromatic rings. The maximum absolute atomic E-state index is 12.9. The van der Waals surface area contributed by atoms with Crippen molar-refractivity contribution in [1.29, 1.82) is 0 Å². The number of hydrogen-bond donors (Lipinski definition) is 1. The molecule has 1 amide bonds. The molecule has 0 spiro atoms. The first-order chi connectivity index (χ1) is 14.0. The number of methoxy groups -OCH3 is 1. The van der Waals surface area contributed by atoms with Gasteiger partial charge in [0.2, 0.25) is 5.91 Å². The van der Waals surface area contributed by atoms with E-state index < -0.39 is 0 Å². The predicted octanol–water partition coefficient (Wildman–Crippen LogP) is 2.74. The highest BCUT2D eigenvalue weighted by Gasteiger charge is 2.21. The Morgan fingerprint density at radius 1 is 1.41 bits per heavy atom. The molecule has 1 N–H and O–H groups in total. The zero-order chi connectivity index (χ0) is 20.4. The maximum atomic E-state index is 12.9. The van der Waals surface area contributed by atoms with Crippen LogP contribution in [0.15, 0.2) is 35.4 Å². The van der Waals surface area contributed by atoms with Crippen molar-refractivity contribution < 1.29 is 9.53 Å². The van der Waals surface area contributed by atoms with Gasteiger partial charge < -0.3 is 15.0 Å². The largest absolute Gasteiger partial charge is 0.497 e. The van der Waals surface area contributed by atoms with Crippen molar-refractivity contribution in [1.82, 2.24) is 14.5 Å². The van der Waals surface area contributed by atoms with E-state index in [-0.39, 0.29) is 18.0 Å². The van der Waals surface area contributed by atoms with Crippen molar-refractivity contribution >= 4 is 38.4 Å². The van der Waals surface area contributed by atoms with Crippen molar-refractivity contribution in [3.05, 3.63) is 40.9 Å². The molecule has 0 aliphatic carbocycles. The minimum absolute atomic E-state index is 0.118. The third kappa shape index (κ3) is 4.24. The average Bonchev–Trinajstić information content (AvgIpc) is 3.15. The number of nitrogens with zero attached hydrogens (tertiary/aromatic N) is 4. The Bertz CT molecular complexity index is 1090. The molecule has 1 aromatic carbocycles. The van der Waals surface area contributed by atoms with Crippen LogP contribution < -0.4 is 20.5 Å². The lowest BCUT2D eigenvalue weighted by molar-refractivity contribution is -0.116. The van der Waals surface area contributed by atoms with E-state index in [1.54, 1.807) is 31.4 Å². The van der Waals surface area contributed by atoms with Crippen LogP contribution in [0.3, 0.4) is 0 Å². The molecule has 0 bridgehead atoms. The van der Waals surface area contributed by atoms with Crippen LogP contribution in [0.4, 0.5) is 10.8 Å². The van der Waals surface area contributed by atoms with Crippen molar-refractivity contribution in [2.75, 3.05) is 30.4 Å². The number of ether oxygens (including phenoxy) is 1. The van der Waals surface area contributed by atoms with Gasteiger partial charge in [-0.3, -0.25) is 14.2 Å². The Morgan fingerprint density at radius 3 is 3.07 bits per heavy atom. The minimum atomic E-state index is -0.309. The van der Waals surface area contributed by atoms with Crippen LogP contribution >= 0.6 is 11.3 Å². The number of hydrogen-bond acceptors (Lipinski definition) is 7. The molecule has 0 radical (unpaired) electrons. The van der Waals surface area contributed by atoms with Gasteiger partial charge in [0.05, 0.1) is 7.11 Å². The minimum Gasteiger partial charge on any atom is -0.497 e. The van der Waals surface area contributed by atoms with Gasteiger partial charge in [0.25, 0.3) is 5.56 Å². The van der Waals surface area contributed by atoms with Gasteiger partial charge in [-0.15, -0.1) is 0 Å². The summed E-state index contributed by atoms with van der Waals surface area (Å²) < 4.78 is 6.95. The third-order valence-corrected chi connectivity index (χ3v) is 6.06. The molecule has 3 heterocycles. The summed E-state index contributed by atoms with van der Waals surface area (Å²) in [4.78, 5) is 36.3. The second kappa shape index (κ2) is 8.20. The number of thiazole rings is 1. The molecule has 9 heteroatoms. The lowest BCUT2D eigenvalue weighted by Gasteiger charge is -2.30. The van der Waals surface area contributed by atoms with Crippen LogP contribution in [0.2, 0.25) is 0 Å². The third-order valence-electron chi connectivity index (χ3n) is 4.97. The molecule has 1 fully saturated rings. The van der Waals surface area contributed by atoms with Gasteiger partial charge in [0, 0.05) is 24.8 Å². The summed E-state index contributed by atoms with van der Waals surface area (Å²) in [5.41, 5.74) is 0.804. The fourth-order valence-electron chi connectivity index (χ4n) is 3.50. The molecule has 8 nitrogen and oxygen atoms in total. The van der Waals surface area contributed by atoms with Crippen molar-refractivity contribution in [3.63, 3.8) is 0 Å². The zero-order valence-electron chi connectivity index (χ0n) is 16.4. The van der Waals surface area contributed by atoms with E-state index in [1.165, 1.54) is 28.7 Å².